The van der Waals surface area contributed by atoms with E-state index in [9.17, 15) is 9.59 Å². The van der Waals surface area contributed by atoms with E-state index >= 15 is 0 Å². The molecule has 1 saturated heterocycles. The number of hydrogen-bond donors (Lipinski definition) is 3. The molecule has 0 unspecified atom stereocenters. The van der Waals surface area contributed by atoms with E-state index in [0.29, 0.717) is 31.1 Å². The lowest BCUT2D eigenvalue weighted by Crippen LogP contribution is -2.54. The normalized spacial score (nSPS) is 17.5. The second-order valence-electron chi connectivity index (χ2n) is 4.72. The number of ether oxygens (including phenoxy) is 1. The van der Waals surface area contributed by atoms with Crippen LogP contribution in [0.15, 0.2) is 18.2 Å². The van der Waals surface area contributed by atoms with Gasteiger partial charge in [-0.1, -0.05) is 11.6 Å². The van der Waals surface area contributed by atoms with Crippen molar-refractivity contribution in [1.29, 1.82) is 0 Å². The van der Waals surface area contributed by atoms with Crippen LogP contribution in [-0.2, 0) is 9.53 Å². The van der Waals surface area contributed by atoms with Gasteiger partial charge in [0, 0.05) is 18.2 Å². The summed E-state index contributed by atoms with van der Waals surface area (Å²) in [6.07, 6.45) is 0.781. The largest absolute Gasteiger partial charge is 0.478 e. The lowest BCUT2D eigenvalue weighted by Gasteiger charge is -2.31. The van der Waals surface area contributed by atoms with E-state index in [1.54, 1.807) is 0 Å². The third kappa shape index (κ3) is 3.09. The van der Waals surface area contributed by atoms with Gasteiger partial charge >= 0.3 is 5.97 Å². The Bertz CT molecular complexity index is 541. The smallest absolute Gasteiger partial charge is 0.337 e. The van der Waals surface area contributed by atoms with E-state index in [1.165, 1.54) is 18.2 Å². The maximum absolute atomic E-state index is 12.2. The summed E-state index contributed by atoms with van der Waals surface area (Å²) in [5.74, 6) is -1.57. The highest BCUT2D eigenvalue weighted by atomic mass is 35.5. The molecule has 0 aromatic heterocycles. The lowest BCUT2D eigenvalue weighted by molar-refractivity contribution is -0.124. The number of benzene rings is 1. The quantitative estimate of drug-likeness (QED) is 0.784. The van der Waals surface area contributed by atoms with E-state index in [4.69, 9.17) is 27.2 Å². The van der Waals surface area contributed by atoms with Crippen LogP contribution < -0.4 is 11.1 Å². The van der Waals surface area contributed by atoms with Crippen molar-refractivity contribution in [3.8, 4) is 0 Å². The van der Waals surface area contributed by atoms with Crippen LogP contribution in [0.25, 0.3) is 0 Å². The van der Waals surface area contributed by atoms with Gasteiger partial charge in [-0.2, -0.15) is 0 Å². The molecule has 6 nitrogen and oxygen atoms in total. The molecule has 0 saturated carbocycles. The molecule has 1 amide bonds. The molecule has 1 fully saturated rings. The fraction of sp³-hybridized carbons (Fsp3) is 0.385. The molecule has 4 N–H and O–H groups in total. The monoisotopic (exact) mass is 298 g/mol. The standard InChI is InChI=1S/C13H15ClN2O4/c14-8-1-2-9(11(17)18)10(7-8)16-12(19)13(15)3-5-20-6-4-13/h1-2,7H,3-6,15H2,(H,16,19)(H,17,18). The van der Waals surface area contributed by atoms with E-state index in [1.807, 2.05) is 0 Å². The molecule has 7 heteroatoms. The number of carbonyl (C=O) groups excluding carboxylic acids is 1. The molecule has 1 aliphatic heterocycles. The number of nitrogens with one attached hydrogen (secondary N) is 1. The van der Waals surface area contributed by atoms with Crippen molar-refractivity contribution in [2.24, 2.45) is 5.73 Å². The van der Waals surface area contributed by atoms with E-state index < -0.39 is 17.4 Å². The second-order valence-corrected chi connectivity index (χ2v) is 5.15. The fourth-order valence-electron chi connectivity index (χ4n) is 2.02. The number of halogens is 1. The van der Waals surface area contributed by atoms with Crippen molar-refractivity contribution < 1.29 is 19.4 Å². The van der Waals surface area contributed by atoms with Gasteiger partial charge in [0.1, 0.15) is 5.54 Å². The van der Waals surface area contributed by atoms with Crippen LogP contribution in [-0.4, -0.2) is 35.7 Å². The Kier molecular flexibility index (Phi) is 4.27. The van der Waals surface area contributed by atoms with Crippen molar-refractivity contribution in [3.63, 3.8) is 0 Å². The second kappa shape index (κ2) is 5.78. The summed E-state index contributed by atoms with van der Waals surface area (Å²) in [6.45, 7) is 0.816. The Labute approximate surface area is 120 Å². The summed E-state index contributed by atoms with van der Waals surface area (Å²) in [6, 6.07) is 4.19. The summed E-state index contributed by atoms with van der Waals surface area (Å²) >= 11 is 5.83. The predicted molar refractivity (Wildman–Crippen MR) is 74.0 cm³/mol. The average Bonchev–Trinajstić information content (AvgIpc) is 2.39. The van der Waals surface area contributed by atoms with E-state index in [2.05, 4.69) is 5.32 Å². The molecule has 2 rings (SSSR count). The molecule has 20 heavy (non-hydrogen) atoms. The molecule has 0 bridgehead atoms. The van der Waals surface area contributed by atoms with Gasteiger partial charge in [-0.05, 0) is 31.0 Å². The fourth-order valence-corrected chi connectivity index (χ4v) is 2.19. The summed E-state index contributed by atoms with van der Waals surface area (Å²) in [4.78, 5) is 23.4. The van der Waals surface area contributed by atoms with Crippen molar-refractivity contribution in [3.05, 3.63) is 28.8 Å². The number of carboxylic acids is 1. The van der Waals surface area contributed by atoms with Gasteiger partial charge in [-0.3, -0.25) is 4.79 Å². The first kappa shape index (κ1) is 14.8. The Hall–Kier alpha value is -1.63. The van der Waals surface area contributed by atoms with Crippen LogP contribution in [0.3, 0.4) is 0 Å². The predicted octanol–water partition coefficient (Wildman–Crippen LogP) is 1.48. The van der Waals surface area contributed by atoms with Crippen LogP contribution >= 0.6 is 11.6 Å². The van der Waals surface area contributed by atoms with Gasteiger partial charge in [0.15, 0.2) is 0 Å². The first-order valence-corrected chi connectivity index (χ1v) is 6.51. The molecule has 0 atom stereocenters. The molecular formula is C13H15ClN2O4. The Morgan fingerprint density at radius 1 is 1.35 bits per heavy atom. The number of amides is 1. The van der Waals surface area contributed by atoms with Gasteiger partial charge in [0.25, 0.3) is 0 Å². The molecule has 1 aromatic rings. The van der Waals surface area contributed by atoms with E-state index in [0.717, 1.165) is 0 Å². The highest BCUT2D eigenvalue weighted by molar-refractivity contribution is 6.31. The molecule has 108 valence electrons. The zero-order valence-electron chi connectivity index (χ0n) is 10.7. The minimum Gasteiger partial charge on any atom is -0.478 e. The van der Waals surface area contributed by atoms with Crippen molar-refractivity contribution in [2.45, 2.75) is 18.4 Å². The molecule has 0 radical (unpaired) electrons. The van der Waals surface area contributed by atoms with Crippen molar-refractivity contribution >= 4 is 29.2 Å². The zero-order valence-corrected chi connectivity index (χ0v) is 11.4. The maximum atomic E-state index is 12.2. The third-order valence-corrected chi connectivity index (χ3v) is 3.53. The van der Waals surface area contributed by atoms with Gasteiger partial charge in [0.05, 0.1) is 11.3 Å². The summed E-state index contributed by atoms with van der Waals surface area (Å²) in [5, 5.41) is 12.0. The minimum absolute atomic E-state index is 0.0293. The van der Waals surface area contributed by atoms with Crippen LogP contribution in [0.4, 0.5) is 5.69 Å². The number of hydrogen-bond acceptors (Lipinski definition) is 4. The number of aromatic carboxylic acids is 1. The van der Waals surface area contributed by atoms with Crippen LogP contribution in [0, 0.1) is 0 Å². The van der Waals surface area contributed by atoms with E-state index in [-0.39, 0.29) is 11.3 Å². The molecule has 1 heterocycles. The Morgan fingerprint density at radius 2 is 2.00 bits per heavy atom. The third-order valence-electron chi connectivity index (χ3n) is 3.30. The summed E-state index contributed by atoms with van der Waals surface area (Å²) < 4.78 is 5.17. The number of carboxylic acid groups (broad SMARTS) is 1. The molecule has 1 aromatic carbocycles. The first-order valence-electron chi connectivity index (χ1n) is 6.13. The Balaban J connectivity index is 2.23. The Morgan fingerprint density at radius 3 is 2.60 bits per heavy atom. The highest BCUT2D eigenvalue weighted by Crippen LogP contribution is 2.24. The molecule has 0 aliphatic carbocycles. The minimum atomic E-state index is -1.14. The van der Waals surface area contributed by atoms with Crippen molar-refractivity contribution in [1.82, 2.24) is 0 Å². The number of anilines is 1. The number of nitrogens with two attached hydrogens (primary N) is 1. The van der Waals surface area contributed by atoms with Crippen LogP contribution in [0.1, 0.15) is 23.2 Å². The van der Waals surface area contributed by atoms with Gasteiger partial charge in [-0.25, -0.2) is 4.79 Å². The van der Waals surface area contributed by atoms with Crippen molar-refractivity contribution in [2.75, 3.05) is 18.5 Å². The molecular weight excluding hydrogens is 284 g/mol. The number of carbonyl (C=O) groups is 2. The number of rotatable bonds is 3. The SMILES string of the molecule is NC1(C(=O)Nc2cc(Cl)ccc2C(=O)O)CCOCC1. The molecule has 0 spiro atoms. The van der Waals surface area contributed by atoms with Crippen LogP contribution in [0.5, 0.6) is 0 Å². The van der Waals surface area contributed by atoms with Gasteiger partial charge < -0.3 is 20.9 Å². The zero-order chi connectivity index (χ0) is 14.8. The topological polar surface area (TPSA) is 102 Å². The lowest BCUT2D eigenvalue weighted by atomic mass is 9.90. The van der Waals surface area contributed by atoms with Crippen LogP contribution in [0.2, 0.25) is 5.02 Å². The highest BCUT2D eigenvalue weighted by Gasteiger charge is 2.36. The first-order chi connectivity index (χ1) is 9.42. The van der Waals surface area contributed by atoms with Gasteiger partial charge in [0.2, 0.25) is 5.91 Å². The summed E-state index contributed by atoms with van der Waals surface area (Å²) in [5.41, 5.74) is 5.11. The van der Waals surface area contributed by atoms with Gasteiger partial charge in [-0.15, -0.1) is 0 Å². The molecule has 1 aliphatic rings. The average molecular weight is 299 g/mol. The maximum Gasteiger partial charge on any atom is 0.337 e. The summed E-state index contributed by atoms with van der Waals surface area (Å²) in [7, 11) is 0.